The molecule has 1 aromatic carbocycles. The highest BCUT2D eigenvalue weighted by Gasteiger charge is 1.99. The molecule has 0 aliphatic heterocycles. The molecule has 0 aliphatic rings. The van der Waals surface area contributed by atoms with Crippen molar-refractivity contribution in [3.63, 3.8) is 0 Å². The highest BCUT2D eigenvalue weighted by molar-refractivity contribution is 5.92. The molecule has 1 heterocycles. The van der Waals surface area contributed by atoms with Crippen molar-refractivity contribution in [3.8, 4) is 0 Å². The highest BCUT2D eigenvalue weighted by Crippen LogP contribution is 2.07. The zero-order chi connectivity index (χ0) is 12.1. The molecule has 0 fully saturated rings. The third kappa shape index (κ3) is 3.11. The Morgan fingerprint density at radius 3 is 2.47 bits per heavy atom. The van der Waals surface area contributed by atoms with Gasteiger partial charge in [-0.2, -0.15) is 0 Å². The van der Waals surface area contributed by atoms with Crippen LogP contribution in [0, 0.1) is 0 Å². The van der Waals surface area contributed by atoms with E-state index in [4.69, 9.17) is 0 Å². The first kappa shape index (κ1) is 11.3. The van der Waals surface area contributed by atoms with Gasteiger partial charge in [0.05, 0.1) is 5.69 Å². The van der Waals surface area contributed by atoms with E-state index in [9.17, 15) is 4.79 Å². The van der Waals surface area contributed by atoms with Gasteiger partial charge in [-0.1, -0.05) is 42.5 Å². The van der Waals surface area contributed by atoms with Crippen LogP contribution in [0.25, 0.3) is 12.2 Å². The molecule has 0 saturated carbocycles. The standard InChI is InChI=1S/C15H13NO/c1-12(17)15-9-5-8-14(16-15)11-10-13-6-3-2-4-7-13/h2-11H,1H3. The molecule has 1 aromatic heterocycles. The van der Waals surface area contributed by atoms with E-state index in [1.165, 1.54) is 6.92 Å². The van der Waals surface area contributed by atoms with Crippen molar-refractivity contribution in [1.82, 2.24) is 4.98 Å². The van der Waals surface area contributed by atoms with Crippen LogP contribution < -0.4 is 0 Å². The number of nitrogens with zero attached hydrogens (tertiary/aromatic N) is 1. The second-order valence-electron chi connectivity index (χ2n) is 3.75. The molecule has 2 heteroatoms. The van der Waals surface area contributed by atoms with Crippen LogP contribution in [0.3, 0.4) is 0 Å². The first-order valence-corrected chi connectivity index (χ1v) is 5.47. The maximum atomic E-state index is 11.2. The van der Waals surface area contributed by atoms with Crippen LogP contribution in [0.4, 0.5) is 0 Å². The second kappa shape index (κ2) is 5.21. The average Bonchev–Trinajstić information content (AvgIpc) is 2.38. The lowest BCUT2D eigenvalue weighted by molar-refractivity contribution is 0.101. The predicted octanol–water partition coefficient (Wildman–Crippen LogP) is 3.45. The zero-order valence-electron chi connectivity index (χ0n) is 9.63. The smallest absolute Gasteiger partial charge is 0.178 e. The Morgan fingerprint density at radius 2 is 1.76 bits per heavy atom. The van der Waals surface area contributed by atoms with E-state index < -0.39 is 0 Å². The van der Waals surface area contributed by atoms with Crippen LogP contribution >= 0.6 is 0 Å². The van der Waals surface area contributed by atoms with E-state index in [0.717, 1.165) is 11.3 Å². The first-order chi connectivity index (χ1) is 8.25. The molecular formula is C15H13NO. The normalized spacial score (nSPS) is 10.6. The van der Waals surface area contributed by atoms with E-state index in [1.54, 1.807) is 6.07 Å². The largest absolute Gasteiger partial charge is 0.293 e. The maximum absolute atomic E-state index is 11.2. The van der Waals surface area contributed by atoms with Crippen LogP contribution in [0.15, 0.2) is 48.5 Å². The Morgan fingerprint density at radius 1 is 1.00 bits per heavy atom. The Bertz CT molecular complexity index is 544. The fraction of sp³-hybridized carbons (Fsp3) is 0.0667. The molecule has 17 heavy (non-hydrogen) atoms. The lowest BCUT2D eigenvalue weighted by Gasteiger charge is -1.97. The number of hydrogen-bond donors (Lipinski definition) is 0. The molecular weight excluding hydrogens is 210 g/mol. The molecule has 0 saturated heterocycles. The number of aromatic nitrogens is 1. The maximum Gasteiger partial charge on any atom is 0.178 e. The molecule has 0 spiro atoms. The summed E-state index contributed by atoms with van der Waals surface area (Å²) in [5.74, 6) is -0.0139. The van der Waals surface area contributed by atoms with Crippen LogP contribution in [0.1, 0.15) is 28.7 Å². The number of hydrogen-bond acceptors (Lipinski definition) is 2. The summed E-state index contributed by atoms with van der Waals surface area (Å²) < 4.78 is 0. The number of ketones is 1. The van der Waals surface area contributed by atoms with Gasteiger partial charge in [-0.15, -0.1) is 0 Å². The first-order valence-electron chi connectivity index (χ1n) is 5.47. The summed E-state index contributed by atoms with van der Waals surface area (Å²) in [6.07, 6.45) is 3.88. The fourth-order valence-electron chi connectivity index (χ4n) is 1.49. The molecule has 2 nitrogen and oxygen atoms in total. The molecule has 2 aromatic rings. The third-order valence-electron chi connectivity index (χ3n) is 2.38. The van der Waals surface area contributed by atoms with Crippen LogP contribution in [-0.4, -0.2) is 10.8 Å². The molecule has 0 amide bonds. The van der Waals surface area contributed by atoms with Crippen LogP contribution in [0.2, 0.25) is 0 Å². The number of benzene rings is 1. The minimum atomic E-state index is -0.0139. The third-order valence-corrected chi connectivity index (χ3v) is 2.38. The summed E-state index contributed by atoms with van der Waals surface area (Å²) in [6.45, 7) is 1.52. The lowest BCUT2D eigenvalue weighted by atomic mass is 10.2. The number of carbonyl (C=O) groups is 1. The van der Waals surface area contributed by atoms with Gasteiger partial charge in [-0.25, -0.2) is 4.98 Å². The van der Waals surface area contributed by atoms with Crippen molar-refractivity contribution < 1.29 is 4.79 Å². The molecule has 2 rings (SSSR count). The monoisotopic (exact) mass is 223 g/mol. The Labute approximate surface area is 101 Å². The Balaban J connectivity index is 2.22. The average molecular weight is 223 g/mol. The van der Waals surface area contributed by atoms with Gasteiger partial charge in [0.1, 0.15) is 5.69 Å². The molecule has 0 atom stereocenters. The van der Waals surface area contributed by atoms with Gasteiger partial charge in [-0.3, -0.25) is 4.79 Å². The predicted molar refractivity (Wildman–Crippen MR) is 69.6 cm³/mol. The van der Waals surface area contributed by atoms with E-state index in [1.807, 2.05) is 54.6 Å². The molecule has 0 aliphatic carbocycles. The van der Waals surface area contributed by atoms with Gasteiger partial charge in [0.25, 0.3) is 0 Å². The van der Waals surface area contributed by atoms with Crippen molar-refractivity contribution in [2.24, 2.45) is 0 Å². The number of rotatable bonds is 3. The van der Waals surface area contributed by atoms with Gasteiger partial charge in [-0.05, 0) is 23.8 Å². The van der Waals surface area contributed by atoms with Gasteiger partial charge in [0, 0.05) is 6.92 Å². The number of Topliss-reactive ketones (excluding diaryl/α,β-unsaturated/α-hetero) is 1. The number of pyridine rings is 1. The summed E-state index contributed by atoms with van der Waals surface area (Å²) in [4.78, 5) is 15.4. The SMILES string of the molecule is CC(=O)c1cccc(C=Cc2ccccc2)n1. The summed E-state index contributed by atoms with van der Waals surface area (Å²) >= 11 is 0. The van der Waals surface area contributed by atoms with Crippen LogP contribution in [-0.2, 0) is 0 Å². The van der Waals surface area contributed by atoms with E-state index in [2.05, 4.69) is 4.98 Å². The van der Waals surface area contributed by atoms with Crippen molar-refractivity contribution in [1.29, 1.82) is 0 Å². The second-order valence-corrected chi connectivity index (χ2v) is 3.75. The number of carbonyl (C=O) groups excluding carboxylic acids is 1. The van der Waals surface area contributed by atoms with Crippen molar-refractivity contribution in [2.45, 2.75) is 6.92 Å². The summed E-state index contributed by atoms with van der Waals surface area (Å²) in [5, 5.41) is 0. The Hall–Kier alpha value is -2.22. The molecule has 84 valence electrons. The van der Waals surface area contributed by atoms with Crippen molar-refractivity contribution >= 4 is 17.9 Å². The molecule has 0 unspecified atom stereocenters. The minimum absolute atomic E-state index is 0.0139. The zero-order valence-corrected chi connectivity index (χ0v) is 9.63. The van der Waals surface area contributed by atoms with E-state index in [0.29, 0.717) is 5.69 Å². The lowest BCUT2D eigenvalue weighted by Crippen LogP contribution is -1.96. The summed E-state index contributed by atoms with van der Waals surface area (Å²) in [7, 11) is 0. The molecule has 0 bridgehead atoms. The Kier molecular flexibility index (Phi) is 3.46. The summed E-state index contributed by atoms with van der Waals surface area (Å²) in [5.41, 5.74) is 2.41. The van der Waals surface area contributed by atoms with Gasteiger partial charge < -0.3 is 0 Å². The van der Waals surface area contributed by atoms with Gasteiger partial charge >= 0.3 is 0 Å². The quantitative estimate of drug-likeness (QED) is 0.746. The van der Waals surface area contributed by atoms with Crippen LogP contribution in [0.5, 0.6) is 0 Å². The molecule has 0 radical (unpaired) electrons. The van der Waals surface area contributed by atoms with Gasteiger partial charge in [0.2, 0.25) is 0 Å². The van der Waals surface area contributed by atoms with E-state index in [-0.39, 0.29) is 5.78 Å². The highest BCUT2D eigenvalue weighted by atomic mass is 16.1. The topological polar surface area (TPSA) is 30.0 Å². The van der Waals surface area contributed by atoms with Gasteiger partial charge in [0.15, 0.2) is 5.78 Å². The van der Waals surface area contributed by atoms with Crippen molar-refractivity contribution in [2.75, 3.05) is 0 Å². The summed E-state index contributed by atoms with van der Waals surface area (Å²) in [6, 6.07) is 15.4. The van der Waals surface area contributed by atoms with Crippen molar-refractivity contribution in [3.05, 3.63) is 65.5 Å². The van der Waals surface area contributed by atoms with E-state index >= 15 is 0 Å². The minimum Gasteiger partial charge on any atom is -0.293 e. The fourth-order valence-corrected chi connectivity index (χ4v) is 1.49. The molecule has 0 N–H and O–H groups in total.